The van der Waals surface area contributed by atoms with Gasteiger partial charge in [0.05, 0.1) is 7.11 Å². The van der Waals surface area contributed by atoms with E-state index in [1.165, 1.54) is 5.56 Å². The number of rotatable bonds is 3. The van der Waals surface area contributed by atoms with Gasteiger partial charge in [-0.2, -0.15) is 0 Å². The zero-order valence-corrected chi connectivity index (χ0v) is 9.60. The summed E-state index contributed by atoms with van der Waals surface area (Å²) in [5.41, 5.74) is 7.01. The van der Waals surface area contributed by atoms with Crippen LogP contribution in [-0.4, -0.2) is 18.1 Å². The van der Waals surface area contributed by atoms with Crippen LogP contribution in [0.3, 0.4) is 0 Å². The summed E-state index contributed by atoms with van der Waals surface area (Å²) in [7, 11) is 1.64. The summed E-state index contributed by atoms with van der Waals surface area (Å²) in [6.07, 6.45) is 2.63. The molecule has 0 radical (unpaired) electrons. The van der Waals surface area contributed by atoms with Crippen LogP contribution in [0.2, 0.25) is 0 Å². The van der Waals surface area contributed by atoms with Crippen molar-refractivity contribution in [3.05, 3.63) is 36.0 Å². The molecule has 1 aromatic carbocycles. The topological polar surface area (TPSA) is 48.1 Å². The lowest BCUT2D eigenvalue weighted by molar-refractivity contribution is 0.403. The number of methoxy groups -OCH3 is 1. The van der Waals surface area contributed by atoms with E-state index in [4.69, 9.17) is 10.5 Å². The van der Waals surface area contributed by atoms with Crippen LogP contribution in [0.1, 0.15) is 12.5 Å². The average molecular weight is 216 g/mol. The lowest BCUT2D eigenvalue weighted by Crippen LogP contribution is -2.17. The highest BCUT2D eigenvalue weighted by atomic mass is 16.5. The van der Waals surface area contributed by atoms with Crippen LogP contribution in [0.15, 0.2) is 30.5 Å². The molecule has 0 fully saturated rings. The molecule has 0 aliphatic heterocycles. The molecule has 1 heterocycles. The van der Waals surface area contributed by atoms with Gasteiger partial charge in [0.15, 0.2) is 0 Å². The molecule has 0 aliphatic rings. The predicted molar refractivity (Wildman–Crippen MR) is 65.6 cm³/mol. The maximum atomic E-state index is 5.79. The van der Waals surface area contributed by atoms with Gasteiger partial charge in [0.2, 0.25) is 5.88 Å². The first kappa shape index (κ1) is 10.9. The third kappa shape index (κ3) is 2.14. The van der Waals surface area contributed by atoms with Crippen molar-refractivity contribution >= 4 is 10.8 Å². The SMILES string of the molecule is COc1nccc2ccc(CC(C)N)cc12. The molecule has 1 aromatic heterocycles. The third-order valence-electron chi connectivity index (χ3n) is 2.55. The second-order valence-corrected chi connectivity index (χ2v) is 4.06. The Morgan fingerprint density at radius 2 is 2.19 bits per heavy atom. The number of benzene rings is 1. The van der Waals surface area contributed by atoms with Crippen molar-refractivity contribution in [3.63, 3.8) is 0 Å². The third-order valence-corrected chi connectivity index (χ3v) is 2.55. The second kappa shape index (κ2) is 4.49. The molecule has 84 valence electrons. The number of hydrogen-bond acceptors (Lipinski definition) is 3. The molecule has 0 spiro atoms. The Morgan fingerprint density at radius 1 is 1.38 bits per heavy atom. The predicted octanol–water partition coefficient (Wildman–Crippen LogP) is 2.13. The van der Waals surface area contributed by atoms with Gasteiger partial charge >= 0.3 is 0 Å². The lowest BCUT2D eigenvalue weighted by atomic mass is 10.0. The van der Waals surface area contributed by atoms with E-state index in [0.29, 0.717) is 5.88 Å². The fourth-order valence-corrected chi connectivity index (χ4v) is 1.85. The van der Waals surface area contributed by atoms with E-state index in [-0.39, 0.29) is 6.04 Å². The van der Waals surface area contributed by atoms with Gasteiger partial charge in [0.25, 0.3) is 0 Å². The van der Waals surface area contributed by atoms with Gasteiger partial charge in [-0.15, -0.1) is 0 Å². The number of nitrogens with two attached hydrogens (primary N) is 1. The van der Waals surface area contributed by atoms with Crippen LogP contribution in [0.4, 0.5) is 0 Å². The number of pyridine rings is 1. The monoisotopic (exact) mass is 216 g/mol. The molecule has 3 heteroatoms. The van der Waals surface area contributed by atoms with Crippen molar-refractivity contribution in [3.8, 4) is 5.88 Å². The first-order chi connectivity index (χ1) is 7.70. The molecule has 3 nitrogen and oxygen atoms in total. The number of aromatic nitrogens is 1. The van der Waals surface area contributed by atoms with Crippen LogP contribution in [0.25, 0.3) is 10.8 Å². The zero-order chi connectivity index (χ0) is 11.5. The second-order valence-electron chi connectivity index (χ2n) is 4.06. The molecule has 2 N–H and O–H groups in total. The van der Waals surface area contributed by atoms with Gasteiger partial charge in [0, 0.05) is 17.6 Å². The van der Waals surface area contributed by atoms with Gasteiger partial charge in [0.1, 0.15) is 0 Å². The fraction of sp³-hybridized carbons (Fsp3) is 0.308. The van der Waals surface area contributed by atoms with E-state index in [0.717, 1.165) is 17.2 Å². The van der Waals surface area contributed by atoms with Crippen molar-refractivity contribution < 1.29 is 4.74 Å². The first-order valence-electron chi connectivity index (χ1n) is 5.38. The molecule has 0 amide bonds. The van der Waals surface area contributed by atoms with E-state index in [9.17, 15) is 0 Å². The summed E-state index contributed by atoms with van der Waals surface area (Å²) in [6, 6.07) is 8.43. The summed E-state index contributed by atoms with van der Waals surface area (Å²) in [4.78, 5) is 4.19. The summed E-state index contributed by atoms with van der Waals surface area (Å²) >= 11 is 0. The smallest absolute Gasteiger partial charge is 0.221 e. The Hall–Kier alpha value is -1.61. The molecule has 1 unspecified atom stereocenters. The zero-order valence-electron chi connectivity index (χ0n) is 9.60. The molecule has 2 rings (SSSR count). The largest absolute Gasteiger partial charge is 0.481 e. The van der Waals surface area contributed by atoms with Gasteiger partial charge in [-0.05, 0) is 36.4 Å². The number of nitrogens with zero attached hydrogens (tertiary/aromatic N) is 1. The molecule has 0 bridgehead atoms. The van der Waals surface area contributed by atoms with Crippen LogP contribution in [-0.2, 0) is 6.42 Å². The number of hydrogen-bond donors (Lipinski definition) is 1. The molecule has 0 saturated heterocycles. The minimum atomic E-state index is 0.167. The molecule has 0 saturated carbocycles. The molecule has 1 atom stereocenters. The normalized spacial score (nSPS) is 12.7. The Balaban J connectivity index is 2.50. The summed E-state index contributed by atoms with van der Waals surface area (Å²) < 4.78 is 5.25. The number of fused-ring (bicyclic) bond motifs is 1. The quantitative estimate of drug-likeness (QED) is 0.855. The van der Waals surface area contributed by atoms with Crippen molar-refractivity contribution in [2.75, 3.05) is 7.11 Å². The van der Waals surface area contributed by atoms with E-state index in [2.05, 4.69) is 23.2 Å². The molecule has 0 aliphatic carbocycles. The lowest BCUT2D eigenvalue weighted by Gasteiger charge is -2.08. The highest BCUT2D eigenvalue weighted by molar-refractivity contribution is 5.87. The van der Waals surface area contributed by atoms with E-state index in [1.807, 2.05) is 13.0 Å². The van der Waals surface area contributed by atoms with Crippen LogP contribution in [0.5, 0.6) is 5.88 Å². The Bertz CT molecular complexity index is 494. The Labute approximate surface area is 95.2 Å². The van der Waals surface area contributed by atoms with Gasteiger partial charge in [-0.25, -0.2) is 4.98 Å². The maximum Gasteiger partial charge on any atom is 0.221 e. The van der Waals surface area contributed by atoms with Crippen molar-refractivity contribution in [1.29, 1.82) is 0 Å². The molecular formula is C13H16N2O. The molecule has 16 heavy (non-hydrogen) atoms. The van der Waals surface area contributed by atoms with E-state index in [1.54, 1.807) is 13.3 Å². The van der Waals surface area contributed by atoms with E-state index >= 15 is 0 Å². The summed E-state index contributed by atoms with van der Waals surface area (Å²) in [6.45, 7) is 2.00. The van der Waals surface area contributed by atoms with E-state index < -0.39 is 0 Å². The van der Waals surface area contributed by atoms with Crippen molar-refractivity contribution in [1.82, 2.24) is 4.98 Å². The van der Waals surface area contributed by atoms with Crippen LogP contribution in [0, 0.1) is 0 Å². The number of ether oxygens (including phenoxy) is 1. The van der Waals surface area contributed by atoms with Crippen LogP contribution < -0.4 is 10.5 Å². The van der Waals surface area contributed by atoms with Gasteiger partial charge in [-0.1, -0.05) is 12.1 Å². The van der Waals surface area contributed by atoms with Crippen molar-refractivity contribution in [2.45, 2.75) is 19.4 Å². The molecule has 2 aromatic rings. The summed E-state index contributed by atoms with van der Waals surface area (Å²) in [5.74, 6) is 0.670. The molecular weight excluding hydrogens is 200 g/mol. The average Bonchev–Trinajstić information content (AvgIpc) is 2.27. The standard InChI is InChI=1S/C13H16N2O/c1-9(14)7-10-3-4-11-5-6-15-13(16-2)12(11)8-10/h3-6,8-9H,7,14H2,1-2H3. The highest BCUT2D eigenvalue weighted by Gasteiger charge is 2.04. The maximum absolute atomic E-state index is 5.79. The Morgan fingerprint density at radius 3 is 2.88 bits per heavy atom. The van der Waals surface area contributed by atoms with Crippen LogP contribution >= 0.6 is 0 Å². The van der Waals surface area contributed by atoms with Gasteiger partial charge in [-0.3, -0.25) is 0 Å². The Kier molecular flexibility index (Phi) is 3.06. The first-order valence-corrected chi connectivity index (χ1v) is 5.38. The van der Waals surface area contributed by atoms with Gasteiger partial charge < -0.3 is 10.5 Å². The minimum Gasteiger partial charge on any atom is -0.481 e. The summed E-state index contributed by atoms with van der Waals surface area (Å²) in [5, 5.41) is 2.18. The fourth-order valence-electron chi connectivity index (χ4n) is 1.85. The van der Waals surface area contributed by atoms with Crippen molar-refractivity contribution in [2.24, 2.45) is 5.73 Å². The minimum absolute atomic E-state index is 0.167. The highest BCUT2D eigenvalue weighted by Crippen LogP contribution is 2.24.